The highest BCUT2D eigenvalue weighted by Crippen LogP contribution is 2.44. The molecule has 1 aliphatic rings. The van der Waals surface area contributed by atoms with Gasteiger partial charge in [0.25, 0.3) is 6.43 Å². The summed E-state index contributed by atoms with van der Waals surface area (Å²) in [5.74, 6) is 0.0641. The number of halogens is 2. The smallest absolute Gasteiger partial charge is 0.261 e. The van der Waals surface area contributed by atoms with E-state index in [4.69, 9.17) is 5.26 Å². The Bertz CT molecular complexity index is 309. The van der Waals surface area contributed by atoms with E-state index in [2.05, 4.69) is 10.1 Å². The molecule has 0 bridgehead atoms. The van der Waals surface area contributed by atoms with E-state index in [1.807, 2.05) is 13.0 Å². The molecule has 0 spiro atoms. The van der Waals surface area contributed by atoms with E-state index in [-0.39, 0.29) is 19.1 Å². The van der Waals surface area contributed by atoms with E-state index in [9.17, 15) is 13.6 Å². The van der Waals surface area contributed by atoms with Crippen LogP contribution < -0.4 is 5.32 Å². The summed E-state index contributed by atoms with van der Waals surface area (Å²) >= 11 is 0. The molecule has 0 heterocycles. The highest BCUT2D eigenvalue weighted by Gasteiger charge is 2.48. The number of rotatable bonds is 6. The van der Waals surface area contributed by atoms with Crippen LogP contribution in [0.3, 0.4) is 0 Å². The second-order valence-corrected chi connectivity index (χ2v) is 4.43. The van der Waals surface area contributed by atoms with Gasteiger partial charge in [0, 0.05) is 6.54 Å². The lowest BCUT2D eigenvalue weighted by Crippen LogP contribution is -2.48. The summed E-state index contributed by atoms with van der Waals surface area (Å²) in [6, 6.07) is 2.03. The minimum Gasteiger partial charge on any atom is -0.374 e. The fraction of sp³-hybridized carbons (Fsp3) is 0.818. The SMILES string of the molecule is CC1CC(C#N)(C(=O)NCCOCC(F)F)C1. The van der Waals surface area contributed by atoms with Crippen LogP contribution in [-0.4, -0.2) is 32.1 Å². The van der Waals surface area contributed by atoms with Crippen LogP contribution in [0.1, 0.15) is 19.8 Å². The molecule has 1 aliphatic carbocycles. The molecular weight excluding hydrogens is 230 g/mol. The number of nitrogens with zero attached hydrogens (tertiary/aromatic N) is 1. The largest absolute Gasteiger partial charge is 0.374 e. The molecule has 1 N–H and O–H groups in total. The Balaban J connectivity index is 2.19. The van der Waals surface area contributed by atoms with Crippen molar-refractivity contribution >= 4 is 5.91 Å². The van der Waals surface area contributed by atoms with Crippen molar-refractivity contribution in [1.82, 2.24) is 5.32 Å². The Morgan fingerprint density at radius 1 is 1.65 bits per heavy atom. The topological polar surface area (TPSA) is 62.1 Å². The second-order valence-electron chi connectivity index (χ2n) is 4.43. The first-order chi connectivity index (χ1) is 8.00. The number of amides is 1. The first-order valence-electron chi connectivity index (χ1n) is 5.55. The summed E-state index contributed by atoms with van der Waals surface area (Å²) in [5, 5.41) is 11.5. The van der Waals surface area contributed by atoms with Crippen LogP contribution in [0.4, 0.5) is 8.78 Å². The van der Waals surface area contributed by atoms with E-state index < -0.39 is 18.4 Å². The van der Waals surface area contributed by atoms with Crippen LogP contribution in [0.25, 0.3) is 0 Å². The minimum atomic E-state index is -2.50. The molecule has 0 unspecified atom stereocenters. The molecule has 0 aliphatic heterocycles. The maximum absolute atomic E-state index is 11.7. The van der Waals surface area contributed by atoms with Gasteiger partial charge in [-0.1, -0.05) is 6.92 Å². The molecule has 4 nitrogen and oxygen atoms in total. The average molecular weight is 246 g/mol. The lowest BCUT2D eigenvalue weighted by Gasteiger charge is -2.39. The van der Waals surface area contributed by atoms with Crippen LogP contribution >= 0.6 is 0 Å². The predicted octanol–water partition coefficient (Wildman–Crippen LogP) is 1.32. The summed E-state index contributed by atoms with van der Waals surface area (Å²) in [7, 11) is 0. The molecule has 1 rings (SSSR count). The third kappa shape index (κ3) is 3.63. The molecule has 1 fully saturated rings. The lowest BCUT2D eigenvalue weighted by atomic mass is 9.63. The predicted molar refractivity (Wildman–Crippen MR) is 56.3 cm³/mol. The summed E-state index contributed by atoms with van der Waals surface area (Å²) < 4.78 is 28.0. The maximum atomic E-state index is 11.7. The first kappa shape index (κ1) is 13.8. The number of ether oxygens (including phenoxy) is 1. The van der Waals surface area contributed by atoms with Gasteiger partial charge in [0.15, 0.2) is 0 Å². The summed E-state index contributed by atoms with van der Waals surface area (Å²) in [6.45, 7) is 1.54. The first-order valence-corrected chi connectivity index (χ1v) is 5.55. The van der Waals surface area contributed by atoms with Crippen molar-refractivity contribution in [2.75, 3.05) is 19.8 Å². The van der Waals surface area contributed by atoms with Gasteiger partial charge in [-0.25, -0.2) is 8.78 Å². The van der Waals surface area contributed by atoms with Gasteiger partial charge in [-0.05, 0) is 18.8 Å². The number of hydrogen-bond acceptors (Lipinski definition) is 3. The highest BCUT2D eigenvalue weighted by molar-refractivity contribution is 5.86. The molecule has 96 valence electrons. The second kappa shape index (κ2) is 5.92. The number of nitrogens with one attached hydrogen (secondary N) is 1. The molecule has 1 amide bonds. The normalized spacial score (nSPS) is 27.4. The quantitative estimate of drug-likeness (QED) is 0.719. The van der Waals surface area contributed by atoms with Crippen molar-refractivity contribution in [3.8, 4) is 6.07 Å². The van der Waals surface area contributed by atoms with Crippen molar-refractivity contribution in [3.05, 3.63) is 0 Å². The molecule has 0 aromatic carbocycles. The Kier molecular flexibility index (Phi) is 4.82. The Morgan fingerprint density at radius 3 is 2.76 bits per heavy atom. The van der Waals surface area contributed by atoms with Gasteiger partial charge in [-0.3, -0.25) is 4.79 Å². The molecule has 0 radical (unpaired) electrons. The zero-order valence-corrected chi connectivity index (χ0v) is 9.71. The van der Waals surface area contributed by atoms with Crippen LogP contribution in [0, 0.1) is 22.7 Å². The molecule has 0 aromatic rings. The standard InChI is InChI=1S/C11H16F2N2O2/c1-8-4-11(5-8,7-14)10(16)15-2-3-17-6-9(12)13/h8-9H,2-6H2,1H3,(H,15,16). The van der Waals surface area contributed by atoms with E-state index >= 15 is 0 Å². The minimum absolute atomic E-state index is 0.0349. The maximum Gasteiger partial charge on any atom is 0.261 e. The number of alkyl halides is 2. The molecule has 0 aromatic heterocycles. The van der Waals surface area contributed by atoms with Gasteiger partial charge in [0.05, 0.1) is 12.7 Å². The summed E-state index contributed by atoms with van der Waals surface area (Å²) in [6.07, 6.45) is -1.37. The monoisotopic (exact) mass is 246 g/mol. The van der Waals surface area contributed by atoms with Crippen molar-refractivity contribution in [2.45, 2.75) is 26.2 Å². The van der Waals surface area contributed by atoms with Gasteiger partial charge < -0.3 is 10.1 Å². The van der Waals surface area contributed by atoms with Crippen molar-refractivity contribution in [1.29, 1.82) is 5.26 Å². The Hall–Kier alpha value is -1.22. The van der Waals surface area contributed by atoms with E-state index in [0.717, 1.165) is 0 Å². The molecule has 0 saturated heterocycles. The van der Waals surface area contributed by atoms with Gasteiger partial charge in [-0.2, -0.15) is 5.26 Å². The van der Waals surface area contributed by atoms with Crippen LogP contribution in [0.15, 0.2) is 0 Å². The number of carbonyl (C=O) groups excluding carboxylic acids is 1. The van der Waals surface area contributed by atoms with Gasteiger partial charge in [-0.15, -0.1) is 0 Å². The molecule has 6 heteroatoms. The number of nitriles is 1. The zero-order chi connectivity index (χ0) is 12.9. The van der Waals surface area contributed by atoms with Crippen molar-refractivity contribution in [2.24, 2.45) is 11.3 Å². The van der Waals surface area contributed by atoms with Crippen LogP contribution in [0.2, 0.25) is 0 Å². The van der Waals surface area contributed by atoms with Gasteiger partial charge in [0.2, 0.25) is 5.91 Å². The van der Waals surface area contributed by atoms with Crippen molar-refractivity contribution < 1.29 is 18.3 Å². The fourth-order valence-electron chi connectivity index (χ4n) is 2.04. The van der Waals surface area contributed by atoms with E-state index in [1.54, 1.807) is 0 Å². The molecule has 1 saturated carbocycles. The summed E-state index contributed by atoms with van der Waals surface area (Å²) in [4.78, 5) is 11.7. The van der Waals surface area contributed by atoms with E-state index in [1.165, 1.54) is 0 Å². The lowest BCUT2D eigenvalue weighted by molar-refractivity contribution is -0.134. The molecule has 0 atom stereocenters. The Morgan fingerprint density at radius 2 is 2.29 bits per heavy atom. The zero-order valence-electron chi connectivity index (χ0n) is 9.71. The number of carbonyl (C=O) groups is 1. The van der Waals surface area contributed by atoms with Crippen LogP contribution in [-0.2, 0) is 9.53 Å². The van der Waals surface area contributed by atoms with E-state index in [0.29, 0.717) is 18.8 Å². The molecular formula is C11H16F2N2O2. The highest BCUT2D eigenvalue weighted by atomic mass is 19.3. The number of hydrogen-bond donors (Lipinski definition) is 1. The molecule has 17 heavy (non-hydrogen) atoms. The van der Waals surface area contributed by atoms with Gasteiger partial charge >= 0.3 is 0 Å². The Labute approximate surface area is 98.9 Å². The van der Waals surface area contributed by atoms with Crippen LogP contribution in [0.5, 0.6) is 0 Å². The fourth-order valence-corrected chi connectivity index (χ4v) is 2.04. The summed E-state index contributed by atoms with van der Waals surface area (Å²) in [5.41, 5.74) is -0.915. The third-order valence-electron chi connectivity index (χ3n) is 2.82. The third-order valence-corrected chi connectivity index (χ3v) is 2.82. The van der Waals surface area contributed by atoms with Crippen molar-refractivity contribution in [3.63, 3.8) is 0 Å². The average Bonchev–Trinajstić information content (AvgIpc) is 2.23. The van der Waals surface area contributed by atoms with Gasteiger partial charge in [0.1, 0.15) is 12.0 Å².